The highest BCUT2D eigenvalue weighted by molar-refractivity contribution is 7.22. The number of nitrogens with one attached hydrogen (secondary N) is 2. The van der Waals surface area contributed by atoms with Gasteiger partial charge in [-0.05, 0) is 18.2 Å². The Kier molecular flexibility index (Phi) is 4.10. The van der Waals surface area contributed by atoms with Crippen LogP contribution in [0, 0.1) is 0 Å². The highest BCUT2D eigenvalue weighted by Gasteiger charge is 2.01. The third-order valence-corrected chi connectivity index (χ3v) is 3.96. The molecule has 4 aromatic heterocycles. The number of anilines is 2. The van der Waals surface area contributed by atoms with Gasteiger partial charge < -0.3 is 15.1 Å². The number of nitrogens with zero attached hydrogens (tertiary/aromatic N) is 4. The van der Waals surface area contributed by atoms with Crippen LogP contribution < -0.4 is 10.6 Å². The summed E-state index contributed by atoms with van der Waals surface area (Å²) in [4.78, 5) is 0.983. The number of thiophene rings is 1. The third-order valence-electron chi connectivity index (χ3n) is 2.91. The SMILES string of the molecule is CNc1cc2ccnnc2o1.CNc1cc2ccnnc2s1. The first-order valence-corrected chi connectivity index (χ1v) is 7.40. The zero-order valence-electron chi connectivity index (χ0n) is 12.1. The van der Waals surface area contributed by atoms with Gasteiger partial charge in [-0.25, -0.2) is 0 Å². The van der Waals surface area contributed by atoms with E-state index in [0.29, 0.717) is 11.6 Å². The Balaban J connectivity index is 0.000000131. The average Bonchev–Trinajstić information content (AvgIpc) is 3.18. The first-order valence-electron chi connectivity index (χ1n) is 6.58. The fraction of sp³-hybridized carbons (Fsp3) is 0.143. The van der Waals surface area contributed by atoms with Gasteiger partial charge in [-0.2, -0.15) is 10.2 Å². The van der Waals surface area contributed by atoms with Crippen LogP contribution in [0.2, 0.25) is 0 Å². The highest BCUT2D eigenvalue weighted by atomic mass is 32.1. The molecular formula is C14H14N6OS. The summed E-state index contributed by atoms with van der Waals surface area (Å²) in [6.07, 6.45) is 3.34. The van der Waals surface area contributed by atoms with Crippen LogP contribution in [0.4, 0.5) is 10.9 Å². The molecule has 4 aromatic rings. The molecule has 0 aliphatic carbocycles. The van der Waals surface area contributed by atoms with Gasteiger partial charge in [0.15, 0.2) is 5.88 Å². The molecule has 0 saturated carbocycles. The largest absolute Gasteiger partial charge is 0.421 e. The lowest BCUT2D eigenvalue weighted by molar-refractivity contribution is 0.612. The maximum atomic E-state index is 5.23. The zero-order chi connectivity index (χ0) is 15.4. The van der Waals surface area contributed by atoms with Crippen LogP contribution in [0.15, 0.2) is 41.1 Å². The maximum Gasteiger partial charge on any atom is 0.248 e. The highest BCUT2D eigenvalue weighted by Crippen LogP contribution is 2.26. The standard InChI is InChI=1S/C7H7N3O.C7H7N3S/c2*1-8-6-4-5-2-3-9-10-7(5)11-6/h2*2-4,8H,1H3. The molecule has 0 amide bonds. The first kappa shape index (κ1) is 14.2. The van der Waals surface area contributed by atoms with E-state index in [1.165, 1.54) is 0 Å². The second-order valence-electron chi connectivity index (χ2n) is 4.30. The molecule has 0 radical (unpaired) electrons. The van der Waals surface area contributed by atoms with E-state index in [9.17, 15) is 0 Å². The summed E-state index contributed by atoms with van der Waals surface area (Å²) in [5, 5.41) is 24.4. The molecule has 0 atom stereocenters. The van der Waals surface area contributed by atoms with E-state index in [1.807, 2.05) is 25.2 Å². The fourth-order valence-electron chi connectivity index (χ4n) is 1.83. The van der Waals surface area contributed by atoms with Crippen molar-refractivity contribution in [3.05, 3.63) is 36.7 Å². The van der Waals surface area contributed by atoms with Crippen molar-refractivity contribution >= 4 is 43.5 Å². The molecule has 0 aliphatic heterocycles. The quantitative estimate of drug-likeness (QED) is 0.588. The van der Waals surface area contributed by atoms with Gasteiger partial charge in [-0.3, -0.25) is 0 Å². The molecule has 22 heavy (non-hydrogen) atoms. The van der Waals surface area contributed by atoms with Crippen LogP contribution in [-0.2, 0) is 0 Å². The molecule has 4 rings (SSSR count). The summed E-state index contributed by atoms with van der Waals surface area (Å²) < 4.78 is 5.23. The van der Waals surface area contributed by atoms with Gasteiger partial charge in [0.1, 0.15) is 4.83 Å². The van der Waals surface area contributed by atoms with Crippen LogP contribution in [0.25, 0.3) is 21.3 Å². The zero-order valence-corrected chi connectivity index (χ0v) is 12.9. The lowest BCUT2D eigenvalue weighted by atomic mass is 10.4. The molecule has 0 unspecified atom stereocenters. The van der Waals surface area contributed by atoms with Crippen molar-refractivity contribution in [3.8, 4) is 0 Å². The van der Waals surface area contributed by atoms with Gasteiger partial charge in [0.05, 0.1) is 17.4 Å². The van der Waals surface area contributed by atoms with Gasteiger partial charge >= 0.3 is 0 Å². The molecule has 0 bridgehead atoms. The summed E-state index contributed by atoms with van der Waals surface area (Å²) in [7, 11) is 3.70. The van der Waals surface area contributed by atoms with Crippen LogP contribution >= 0.6 is 11.3 Å². The minimum Gasteiger partial charge on any atom is -0.421 e. The minimum absolute atomic E-state index is 0.567. The van der Waals surface area contributed by atoms with Gasteiger partial charge in [0.2, 0.25) is 5.71 Å². The summed E-state index contributed by atoms with van der Waals surface area (Å²) in [6, 6.07) is 7.76. The molecule has 7 nitrogen and oxygen atoms in total. The molecule has 0 saturated heterocycles. The maximum absolute atomic E-state index is 5.23. The molecule has 0 spiro atoms. The van der Waals surface area contributed by atoms with Crippen molar-refractivity contribution < 1.29 is 4.42 Å². The van der Waals surface area contributed by atoms with Crippen LogP contribution in [0.3, 0.4) is 0 Å². The van der Waals surface area contributed by atoms with Gasteiger partial charge in [-0.15, -0.1) is 10.2 Å². The van der Waals surface area contributed by atoms with Crippen molar-refractivity contribution in [2.75, 3.05) is 24.7 Å². The molecule has 2 N–H and O–H groups in total. The lowest BCUT2D eigenvalue weighted by Gasteiger charge is -1.86. The molecule has 0 aromatic carbocycles. The monoisotopic (exact) mass is 314 g/mol. The van der Waals surface area contributed by atoms with E-state index in [1.54, 1.807) is 30.8 Å². The van der Waals surface area contributed by atoms with Crippen LogP contribution in [-0.4, -0.2) is 34.5 Å². The Morgan fingerprint density at radius 2 is 1.73 bits per heavy atom. The van der Waals surface area contributed by atoms with E-state index >= 15 is 0 Å². The summed E-state index contributed by atoms with van der Waals surface area (Å²) >= 11 is 1.61. The normalized spacial score (nSPS) is 10.3. The Labute approximate surface area is 130 Å². The number of furan rings is 1. The molecule has 0 aliphatic rings. The summed E-state index contributed by atoms with van der Waals surface area (Å²) in [5.74, 6) is 0.709. The third kappa shape index (κ3) is 2.96. The van der Waals surface area contributed by atoms with E-state index < -0.39 is 0 Å². The molecule has 4 heterocycles. The predicted octanol–water partition coefficient (Wildman–Crippen LogP) is 3.00. The van der Waals surface area contributed by atoms with Gasteiger partial charge in [0, 0.05) is 30.9 Å². The van der Waals surface area contributed by atoms with Crippen molar-refractivity contribution in [1.29, 1.82) is 0 Å². The molecule has 8 heteroatoms. The Hall–Kier alpha value is -2.74. The average molecular weight is 314 g/mol. The van der Waals surface area contributed by atoms with E-state index in [0.717, 1.165) is 20.6 Å². The predicted molar refractivity (Wildman–Crippen MR) is 88.3 cm³/mol. The van der Waals surface area contributed by atoms with Gasteiger partial charge in [0.25, 0.3) is 0 Å². The lowest BCUT2D eigenvalue weighted by Crippen LogP contribution is -1.81. The number of fused-ring (bicyclic) bond motifs is 2. The van der Waals surface area contributed by atoms with Crippen molar-refractivity contribution in [1.82, 2.24) is 20.4 Å². The molecule has 0 fully saturated rings. The van der Waals surface area contributed by atoms with Crippen LogP contribution in [0.1, 0.15) is 0 Å². The second kappa shape index (κ2) is 6.35. The number of hydrogen-bond donors (Lipinski definition) is 2. The number of aromatic nitrogens is 4. The molecular weight excluding hydrogens is 300 g/mol. The second-order valence-corrected chi connectivity index (χ2v) is 5.34. The smallest absolute Gasteiger partial charge is 0.248 e. The minimum atomic E-state index is 0.567. The van der Waals surface area contributed by atoms with Crippen LogP contribution in [0.5, 0.6) is 0 Å². The first-order chi connectivity index (χ1) is 10.8. The van der Waals surface area contributed by atoms with E-state index in [2.05, 4.69) is 37.1 Å². The Morgan fingerprint density at radius 1 is 0.955 bits per heavy atom. The Bertz CT molecular complexity index is 747. The van der Waals surface area contributed by atoms with Crippen molar-refractivity contribution in [2.45, 2.75) is 0 Å². The number of rotatable bonds is 2. The van der Waals surface area contributed by atoms with Crippen molar-refractivity contribution in [2.24, 2.45) is 0 Å². The summed E-state index contributed by atoms with van der Waals surface area (Å²) in [6.45, 7) is 0. The Morgan fingerprint density at radius 3 is 2.41 bits per heavy atom. The summed E-state index contributed by atoms with van der Waals surface area (Å²) in [5.41, 5.74) is 0.567. The van der Waals surface area contributed by atoms with Crippen molar-refractivity contribution in [3.63, 3.8) is 0 Å². The topological polar surface area (TPSA) is 88.8 Å². The molecule has 112 valence electrons. The van der Waals surface area contributed by atoms with E-state index in [4.69, 9.17) is 4.42 Å². The fourth-order valence-corrected chi connectivity index (χ4v) is 2.66. The number of hydrogen-bond acceptors (Lipinski definition) is 8. The van der Waals surface area contributed by atoms with E-state index in [-0.39, 0.29) is 0 Å². The van der Waals surface area contributed by atoms with Gasteiger partial charge in [-0.1, -0.05) is 11.3 Å².